The summed E-state index contributed by atoms with van der Waals surface area (Å²) < 4.78 is 17.4. The van der Waals surface area contributed by atoms with Crippen LogP contribution < -0.4 is 9.47 Å². The first kappa shape index (κ1) is 30.9. The van der Waals surface area contributed by atoms with Crippen molar-refractivity contribution in [1.82, 2.24) is 39.0 Å². The summed E-state index contributed by atoms with van der Waals surface area (Å²) in [4.78, 5) is 6.94. The molecule has 4 aromatic rings. The maximum absolute atomic E-state index is 10.0. The summed E-state index contributed by atoms with van der Waals surface area (Å²) in [5.74, 6) is 1.07. The fraction of sp³-hybridized carbons (Fsp3) is 0.444. The van der Waals surface area contributed by atoms with Gasteiger partial charge in [-0.25, -0.2) is 14.1 Å². The zero-order valence-corrected chi connectivity index (χ0v) is 27.0. The molecule has 218 valence electrons. The maximum atomic E-state index is 10.0. The third-order valence-corrected chi connectivity index (χ3v) is 8.50. The van der Waals surface area contributed by atoms with Crippen molar-refractivity contribution in [2.75, 3.05) is 19.7 Å². The van der Waals surface area contributed by atoms with Crippen LogP contribution in [-0.4, -0.2) is 76.0 Å². The Balaban J connectivity index is 1.54. The lowest BCUT2D eigenvalue weighted by Gasteiger charge is -2.26. The molecule has 0 radical (unpaired) electrons. The fourth-order valence-electron chi connectivity index (χ4n) is 4.65. The lowest BCUT2D eigenvalue weighted by Crippen LogP contribution is -2.35. The fourth-order valence-corrected chi connectivity index (χ4v) is 6.07. The van der Waals surface area contributed by atoms with Crippen LogP contribution in [0.25, 0.3) is 28.2 Å². The quantitative estimate of drug-likeness (QED) is 0.152. The number of ether oxygens (including phenoxy) is 2. The Morgan fingerprint density at radius 1 is 1.32 bits per heavy atom. The number of aliphatic hydroxyl groups is 1. The first-order valence-corrected chi connectivity index (χ1v) is 17.3. The van der Waals surface area contributed by atoms with Crippen molar-refractivity contribution >= 4 is 45.5 Å². The molecule has 3 unspecified atom stereocenters. The molecular weight excluding hydrogens is 656 g/mol. The van der Waals surface area contributed by atoms with Crippen LogP contribution in [0.5, 0.6) is 11.8 Å². The Morgan fingerprint density at radius 2 is 2.10 bits per heavy atom. The number of aromatic nitrogens is 7. The molecule has 4 heterocycles. The van der Waals surface area contributed by atoms with Gasteiger partial charge in [0, 0.05) is 42.8 Å². The predicted octanol–water partition coefficient (Wildman–Crippen LogP) is 4.34. The predicted molar refractivity (Wildman–Crippen MR) is 168 cm³/mol. The minimum Gasteiger partial charge on any atom is -0.473 e. The van der Waals surface area contributed by atoms with Gasteiger partial charge in [-0.2, -0.15) is 15.5 Å². The number of hydrogen-bond acceptors (Lipinski definition) is 9. The molecule has 4 rings (SSSR count). The molecule has 0 bridgehead atoms. The van der Waals surface area contributed by atoms with Crippen molar-refractivity contribution in [2.45, 2.75) is 53.0 Å². The van der Waals surface area contributed by atoms with Gasteiger partial charge in [0.1, 0.15) is 12.2 Å². The van der Waals surface area contributed by atoms with E-state index < -0.39 is 6.10 Å². The molecule has 0 spiro atoms. The van der Waals surface area contributed by atoms with Gasteiger partial charge >= 0.3 is 0 Å². The molecule has 0 fully saturated rings. The average molecular weight is 692 g/mol. The Morgan fingerprint density at radius 3 is 2.76 bits per heavy atom. The molecule has 0 aliphatic heterocycles. The normalized spacial score (nSPS) is 13.2. The third-order valence-electron chi connectivity index (χ3n) is 6.66. The number of fused-ring (bicyclic) bond motifs is 1. The van der Waals surface area contributed by atoms with E-state index in [-0.39, 0.29) is 12.7 Å². The number of aliphatic hydroxyl groups excluding tert-OH is 1. The van der Waals surface area contributed by atoms with Gasteiger partial charge in [-0.3, -0.25) is 9.58 Å². The molecule has 0 saturated heterocycles. The minimum absolute atomic E-state index is 0.0836. The number of aryl methyl sites for hydroxylation is 1. The van der Waals surface area contributed by atoms with E-state index in [4.69, 9.17) is 19.7 Å². The zero-order valence-electron chi connectivity index (χ0n) is 23.9. The van der Waals surface area contributed by atoms with E-state index in [1.807, 2.05) is 37.6 Å². The molecule has 4 aromatic heterocycles. The van der Waals surface area contributed by atoms with Gasteiger partial charge in [0.25, 0.3) is 0 Å². The van der Waals surface area contributed by atoms with Crippen LogP contribution in [0.15, 0.2) is 25.0 Å². The van der Waals surface area contributed by atoms with Crippen molar-refractivity contribution < 1.29 is 14.6 Å². The van der Waals surface area contributed by atoms with Gasteiger partial charge in [0.15, 0.2) is 12.3 Å². The number of halogens is 1. The first-order valence-electron chi connectivity index (χ1n) is 13.2. The largest absolute Gasteiger partial charge is 0.473 e. The number of nitrogens with zero attached hydrogens (tertiary/aromatic N) is 9. The summed E-state index contributed by atoms with van der Waals surface area (Å²) in [6.07, 6.45) is 5.05. The number of rotatable bonds is 14. The molecule has 41 heavy (non-hydrogen) atoms. The standard InChI is InChI=1S/C27H35IN9O3P/c1-7-23-21-11-20(12-30-25(21)37(32-23)41-28)22-13-31-34(6)27(22)40-18(4)15-35(8-2)16-24-19(5)26(39-10-9-29)33-36(24)14-17(3)38/h7,11-13,17-18,38,41H,1,8,10,14-16H2,2-6H3. The molecule has 12 nitrogen and oxygen atoms in total. The monoisotopic (exact) mass is 691 g/mol. The lowest BCUT2D eigenvalue weighted by atomic mass is 10.1. The Bertz CT molecular complexity index is 1560. The van der Waals surface area contributed by atoms with Crippen molar-refractivity contribution in [3.05, 3.63) is 42.0 Å². The van der Waals surface area contributed by atoms with Crippen LogP contribution in [0.3, 0.4) is 0 Å². The SMILES string of the molecule is C=Cc1nn(PI)c2ncc(-c3cnn(C)c3OC(C)CN(CC)Cc3c(C)c(OCC#N)nn3CC(C)O)cc12. The summed E-state index contributed by atoms with van der Waals surface area (Å²) in [5, 5.41) is 33.5. The number of nitriles is 1. The summed E-state index contributed by atoms with van der Waals surface area (Å²) in [5.41, 5.74) is 5.14. The molecule has 0 aromatic carbocycles. The molecule has 0 aliphatic rings. The van der Waals surface area contributed by atoms with Crippen LogP contribution >= 0.6 is 28.4 Å². The van der Waals surface area contributed by atoms with Crippen molar-refractivity contribution in [3.8, 4) is 29.0 Å². The van der Waals surface area contributed by atoms with E-state index in [2.05, 4.69) is 61.8 Å². The zero-order chi connectivity index (χ0) is 29.7. The number of pyridine rings is 1. The van der Waals surface area contributed by atoms with E-state index in [1.165, 1.54) is 0 Å². The second-order valence-electron chi connectivity index (χ2n) is 9.78. The Kier molecular flexibility index (Phi) is 10.4. The summed E-state index contributed by atoms with van der Waals surface area (Å²) in [7, 11) is 1.86. The lowest BCUT2D eigenvalue weighted by molar-refractivity contribution is 0.131. The van der Waals surface area contributed by atoms with Gasteiger partial charge < -0.3 is 14.6 Å². The third kappa shape index (κ3) is 6.89. The second-order valence-corrected chi connectivity index (χ2v) is 11.8. The molecule has 0 saturated carbocycles. The van der Waals surface area contributed by atoms with Crippen molar-refractivity contribution in [1.29, 1.82) is 5.26 Å². The summed E-state index contributed by atoms with van der Waals surface area (Å²) >= 11 is 2.29. The van der Waals surface area contributed by atoms with E-state index in [0.29, 0.717) is 37.8 Å². The van der Waals surface area contributed by atoms with Gasteiger partial charge in [-0.1, -0.05) is 13.5 Å². The minimum atomic E-state index is -0.579. The maximum Gasteiger partial charge on any atom is 0.237 e. The molecule has 0 amide bonds. The second kappa shape index (κ2) is 13.7. The van der Waals surface area contributed by atoms with Crippen LogP contribution in [-0.2, 0) is 20.1 Å². The van der Waals surface area contributed by atoms with Crippen LogP contribution in [0.1, 0.15) is 37.7 Å². The highest BCUT2D eigenvalue weighted by molar-refractivity contribution is 14.2. The highest BCUT2D eigenvalue weighted by Gasteiger charge is 2.22. The van der Waals surface area contributed by atoms with Gasteiger partial charge in [-0.05, 0) is 61.5 Å². The van der Waals surface area contributed by atoms with Gasteiger partial charge in [0.2, 0.25) is 11.8 Å². The number of likely N-dealkylation sites (N-methyl/N-ethyl adjacent to an activating group) is 1. The van der Waals surface area contributed by atoms with E-state index >= 15 is 0 Å². The Labute approximate surface area is 254 Å². The van der Waals surface area contributed by atoms with Crippen LogP contribution in [0, 0.1) is 18.3 Å². The summed E-state index contributed by atoms with van der Waals surface area (Å²) in [6, 6.07) is 4.04. The van der Waals surface area contributed by atoms with Gasteiger partial charge in [-0.15, -0.1) is 5.10 Å². The van der Waals surface area contributed by atoms with Crippen LogP contribution in [0.4, 0.5) is 0 Å². The summed E-state index contributed by atoms with van der Waals surface area (Å²) in [6.45, 7) is 13.9. The topological polar surface area (TPSA) is 132 Å². The molecule has 0 aliphatic carbocycles. The smallest absolute Gasteiger partial charge is 0.237 e. The molecule has 3 atom stereocenters. The van der Waals surface area contributed by atoms with E-state index in [0.717, 1.165) is 45.7 Å². The average Bonchev–Trinajstić information content (AvgIpc) is 3.59. The highest BCUT2D eigenvalue weighted by atomic mass is 127. The van der Waals surface area contributed by atoms with Crippen LogP contribution in [0.2, 0.25) is 0 Å². The highest BCUT2D eigenvalue weighted by Crippen LogP contribution is 2.35. The molecule has 1 N–H and O–H groups in total. The van der Waals surface area contributed by atoms with Gasteiger partial charge in [0.05, 0.1) is 42.2 Å². The Hall–Kier alpha value is -3.05. The van der Waals surface area contributed by atoms with Crippen molar-refractivity contribution in [2.24, 2.45) is 7.05 Å². The van der Waals surface area contributed by atoms with E-state index in [1.54, 1.807) is 28.6 Å². The first-order chi connectivity index (χ1) is 19.7. The molecule has 14 heteroatoms. The molecular formula is C27H35IN9O3P. The number of hydrogen-bond donors (Lipinski definition) is 1. The van der Waals surface area contributed by atoms with Crippen molar-refractivity contribution in [3.63, 3.8) is 0 Å². The van der Waals surface area contributed by atoms with E-state index in [9.17, 15) is 5.11 Å².